The van der Waals surface area contributed by atoms with Crippen molar-refractivity contribution >= 4 is 53.2 Å². The van der Waals surface area contributed by atoms with Gasteiger partial charge in [-0.05, 0) is 81.2 Å². The number of rotatable bonds is 2. The minimum Gasteiger partial charge on any atom is -0.453 e. The summed E-state index contributed by atoms with van der Waals surface area (Å²) in [5, 5.41) is 4.42. The first-order valence-corrected chi connectivity index (χ1v) is 18.7. The molecule has 0 radical (unpaired) electrons. The summed E-state index contributed by atoms with van der Waals surface area (Å²) in [5.41, 5.74) is 8.28. The first kappa shape index (κ1) is 26.9. The van der Waals surface area contributed by atoms with E-state index in [1.54, 1.807) is 0 Å². The molecule has 3 aliphatic rings. The van der Waals surface area contributed by atoms with Crippen LogP contribution in [-0.2, 0) is 5.41 Å². The third-order valence-corrected chi connectivity index (χ3v) is 14.5. The summed E-state index contributed by atoms with van der Waals surface area (Å²) in [4.78, 5) is 5.02. The van der Waals surface area contributed by atoms with Crippen LogP contribution in [0.5, 0.6) is 11.5 Å². The predicted molar refractivity (Wildman–Crippen MR) is 196 cm³/mol. The van der Waals surface area contributed by atoms with E-state index in [0.29, 0.717) is 0 Å². The van der Waals surface area contributed by atoms with Crippen LogP contribution in [-0.4, -0.2) is 8.80 Å². The Labute approximate surface area is 280 Å². The van der Waals surface area contributed by atoms with Crippen LogP contribution in [0, 0.1) is 0 Å². The van der Waals surface area contributed by atoms with Crippen molar-refractivity contribution in [1.29, 1.82) is 0 Å². The zero-order valence-electron chi connectivity index (χ0n) is 25.5. The molecule has 0 saturated heterocycles. The topological polar surface area (TPSA) is 12.5 Å². The molecule has 3 heterocycles. The lowest BCUT2D eigenvalue weighted by Crippen LogP contribution is -2.62. The highest BCUT2D eigenvalue weighted by atomic mass is 32.2. The Morgan fingerprint density at radius 3 is 1.68 bits per heavy atom. The van der Waals surface area contributed by atoms with Gasteiger partial charge in [0.2, 0.25) is 0 Å². The summed E-state index contributed by atoms with van der Waals surface area (Å²) < 4.78 is 6.43. The van der Waals surface area contributed by atoms with E-state index in [9.17, 15) is 0 Å². The SMILES string of the molecule is c1ccc([SiH]2c3ccccc3C3(c4ccccc4Sc4ccccc43)c3cc(N4c5ccccc5Oc5ccccc54)ccc32)cc1. The molecule has 222 valence electrons. The molecule has 1 atom stereocenters. The number of nitrogens with zero attached hydrogens (tertiary/aromatic N) is 1. The van der Waals surface area contributed by atoms with Crippen LogP contribution < -0.4 is 25.2 Å². The monoisotopic (exact) mass is 635 g/mol. The molecular formula is C43H29NOSSi. The Hall–Kier alpha value is -5.29. The van der Waals surface area contributed by atoms with Crippen molar-refractivity contribution in [2.24, 2.45) is 0 Å². The molecule has 0 aromatic heterocycles. The highest BCUT2D eigenvalue weighted by molar-refractivity contribution is 7.99. The third kappa shape index (κ3) is 3.80. The van der Waals surface area contributed by atoms with Crippen molar-refractivity contribution in [3.63, 3.8) is 0 Å². The van der Waals surface area contributed by atoms with Gasteiger partial charge >= 0.3 is 0 Å². The summed E-state index contributed by atoms with van der Waals surface area (Å²) in [5.74, 6) is 1.73. The smallest absolute Gasteiger partial charge is 0.151 e. The normalized spacial score (nSPS) is 16.1. The average molecular weight is 636 g/mol. The molecule has 0 saturated carbocycles. The average Bonchev–Trinajstić information content (AvgIpc) is 3.14. The fraction of sp³-hybridized carbons (Fsp3) is 0.0233. The van der Waals surface area contributed by atoms with Crippen LogP contribution in [0.1, 0.15) is 22.3 Å². The minimum absolute atomic E-state index is 0.468. The number of anilines is 3. The Balaban J connectivity index is 1.34. The van der Waals surface area contributed by atoms with E-state index in [4.69, 9.17) is 4.74 Å². The third-order valence-electron chi connectivity index (χ3n) is 10.1. The minimum atomic E-state index is -1.85. The van der Waals surface area contributed by atoms with Crippen LogP contribution in [0.15, 0.2) is 180 Å². The van der Waals surface area contributed by atoms with Crippen LogP contribution >= 0.6 is 11.8 Å². The van der Waals surface area contributed by atoms with Gasteiger partial charge in [-0.15, -0.1) is 0 Å². The number of fused-ring (bicyclic) bond motifs is 10. The van der Waals surface area contributed by atoms with Crippen molar-refractivity contribution in [2.45, 2.75) is 15.2 Å². The number of para-hydroxylation sites is 4. The fourth-order valence-electron chi connectivity index (χ4n) is 8.22. The van der Waals surface area contributed by atoms with E-state index < -0.39 is 14.2 Å². The molecular weight excluding hydrogens is 607 g/mol. The molecule has 0 N–H and O–H groups in total. The molecule has 0 aliphatic carbocycles. The maximum absolute atomic E-state index is 6.43. The van der Waals surface area contributed by atoms with Crippen molar-refractivity contribution in [3.05, 3.63) is 192 Å². The Bertz CT molecular complexity index is 2260. The molecule has 10 rings (SSSR count). The number of hydrogen-bond donors (Lipinski definition) is 0. The summed E-state index contributed by atoms with van der Waals surface area (Å²) in [6, 6.07) is 62.8. The van der Waals surface area contributed by atoms with Gasteiger partial charge in [-0.2, -0.15) is 0 Å². The highest BCUT2D eigenvalue weighted by Crippen LogP contribution is 2.57. The quantitative estimate of drug-likeness (QED) is 0.177. The zero-order valence-corrected chi connectivity index (χ0v) is 27.5. The molecule has 1 unspecified atom stereocenters. The predicted octanol–water partition coefficient (Wildman–Crippen LogP) is 8.67. The fourth-order valence-corrected chi connectivity index (χ4v) is 12.9. The molecule has 0 fully saturated rings. The molecule has 4 heteroatoms. The molecule has 0 amide bonds. The molecule has 3 aliphatic heterocycles. The molecule has 47 heavy (non-hydrogen) atoms. The van der Waals surface area contributed by atoms with Gasteiger partial charge in [0.1, 0.15) is 8.80 Å². The van der Waals surface area contributed by atoms with Crippen LogP contribution in [0.4, 0.5) is 17.1 Å². The first-order valence-electron chi connectivity index (χ1n) is 16.1. The van der Waals surface area contributed by atoms with Gasteiger partial charge in [0.25, 0.3) is 0 Å². The number of benzene rings is 7. The van der Waals surface area contributed by atoms with Gasteiger partial charge in [-0.1, -0.05) is 138 Å². The largest absolute Gasteiger partial charge is 0.453 e. The summed E-state index contributed by atoms with van der Waals surface area (Å²) in [6.07, 6.45) is 0. The maximum atomic E-state index is 6.43. The Morgan fingerprint density at radius 1 is 0.468 bits per heavy atom. The Kier molecular flexibility index (Phi) is 5.92. The standard InChI is InChI=1S/C43H29NOSSi/c1-2-14-30(15-3-1)47-41-25-13-6-18-33(41)43(31-16-4-11-23-39(31)46-40-24-12-5-17-32(40)43)34-28-29(26-27-42(34)47)44-35-19-7-9-21-37(35)45-38-22-10-8-20-36(38)44/h1-28,47H. The first-order chi connectivity index (χ1) is 23.3. The summed E-state index contributed by atoms with van der Waals surface area (Å²) in [7, 11) is -1.85. The molecule has 7 aromatic rings. The lowest BCUT2D eigenvalue weighted by Gasteiger charge is -2.48. The van der Waals surface area contributed by atoms with Crippen LogP contribution in [0.2, 0.25) is 0 Å². The summed E-state index contributed by atoms with van der Waals surface area (Å²) in [6.45, 7) is 0. The van der Waals surface area contributed by atoms with Gasteiger partial charge < -0.3 is 9.64 Å². The lowest BCUT2D eigenvalue weighted by molar-refractivity contribution is 0.477. The second-order valence-electron chi connectivity index (χ2n) is 12.4. The van der Waals surface area contributed by atoms with Gasteiger partial charge in [0.05, 0.1) is 16.8 Å². The van der Waals surface area contributed by atoms with E-state index in [1.165, 1.54) is 47.6 Å². The van der Waals surface area contributed by atoms with E-state index in [0.717, 1.165) is 28.6 Å². The van der Waals surface area contributed by atoms with Crippen molar-refractivity contribution in [3.8, 4) is 11.5 Å². The molecule has 1 spiro atoms. The van der Waals surface area contributed by atoms with Crippen LogP contribution in [0.3, 0.4) is 0 Å². The van der Waals surface area contributed by atoms with E-state index in [2.05, 4.69) is 163 Å². The second-order valence-corrected chi connectivity index (χ2v) is 16.3. The van der Waals surface area contributed by atoms with E-state index in [1.807, 2.05) is 23.9 Å². The number of hydrogen-bond acceptors (Lipinski definition) is 3. The molecule has 0 bridgehead atoms. The van der Waals surface area contributed by atoms with Crippen molar-refractivity contribution in [2.75, 3.05) is 4.90 Å². The highest BCUT2D eigenvalue weighted by Gasteiger charge is 2.51. The van der Waals surface area contributed by atoms with E-state index in [-0.39, 0.29) is 0 Å². The Morgan fingerprint density at radius 2 is 1.00 bits per heavy atom. The maximum Gasteiger partial charge on any atom is 0.151 e. The van der Waals surface area contributed by atoms with Crippen molar-refractivity contribution in [1.82, 2.24) is 0 Å². The van der Waals surface area contributed by atoms with Crippen molar-refractivity contribution < 1.29 is 4.74 Å². The van der Waals surface area contributed by atoms with Gasteiger partial charge in [0, 0.05) is 15.5 Å². The van der Waals surface area contributed by atoms with Crippen LogP contribution in [0.25, 0.3) is 0 Å². The molecule has 7 aromatic carbocycles. The van der Waals surface area contributed by atoms with E-state index >= 15 is 0 Å². The zero-order chi connectivity index (χ0) is 31.0. The molecule has 2 nitrogen and oxygen atoms in total. The van der Waals surface area contributed by atoms with Gasteiger partial charge in [-0.3, -0.25) is 0 Å². The summed E-state index contributed by atoms with van der Waals surface area (Å²) >= 11 is 1.89. The lowest BCUT2D eigenvalue weighted by atomic mass is 9.64. The number of ether oxygens (including phenoxy) is 1. The van der Waals surface area contributed by atoms with Gasteiger partial charge in [-0.25, -0.2) is 0 Å². The second kappa shape index (κ2) is 10.4. The van der Waals surface area contributed by atoms with Gasteiger partial charge in [0.15, 0.2) is 11.5 Å².